The van der Waals surface area contributed by atoms with E-state index in [2.05, 4.69) is 4.90 Å². The van der Waals surface area contributed by atoms with Gasteiger partial charge in [0, 0.05) is 13.1 Å². The molecule has 4 nitrogen and oxygen atoms in total. The van der Waals surface area contributed by atoms with Gasteiger partial charge >= 0.3 is 0 Å². The lowest BCUT2D eigenvalue weighted by Crippen LogP contribution is -2.43. The lowest BCUT2D eigenvalue weighted by Gasteiger charge is -2.32. The fraction of sp³-hybridized carbons (Fsp3) is 0.611. The second-order valence-electron chi connectivity index (χ2n) is 5.91. The third kappa shape index (κ3) is 5.02. The second kappa shape index (κ2) is 8.79. The first-order chi connectivity index (χ1) is 10.7. The van der Waals surface area contributed by atoms with Crippen molar-refractivity contribution in [1.82, 2.24) is 9.80 Å². The number of likely N-dealkylation sites (N-methyl/N-ethyl adjacent to an activating group) is 1. The van der Waals surface area contributed by atoms with Gasteiger partial charge in [-0.2, -0.15) is 0 Å². The lowest BCUT2D eigenvalue weighted by molar-refractivity contribution is -0.132. The molecule has 1 aromatic rings. The lowest BCUT2D eigenvalue weighted by atomic mass is 9.98. The fourth-order valence-corrected chi connectivity index (χ4v) is 2.91. The van der Waals surface area contributed by atoms with Gasteiger partial charge in [0.05, 0.1) is 13.2 Å². The molecule has 0 aromatic heterocycles. The van der Waals surface area contributed by atoms with Crippen LogP contribution in [-0.2, 0) is 4.79 Å². The Morgan fingerprint density at radius 1 is 1.18 bits per heavy atom. The molecule has 2 rings (SSSR count). The summed E-state index contributed by atoms with van der Waals surface area (Å²) < 4.78 is 5.84. The number of piperidine rings is 1. The molecule has 0 bridgehead atoms. The quantitative estimate of drug-likeness (QED) is 0.776. The van der Waals surface area contributed by atoms with Crippen LogP contribution in [0.2, 0.25) is 0 Å². The summed E-state index contributed by atoms with van der Waals surface area (Å²) in [6.07, 6.45) is 2.22. The summed E-state index contributed by atoms with van der Waals surface area (Å²) in [6.45, 7) is 9.01. The van der Waals surface area contributed by atoms with E-state index < -0.39 is 0 Å². The van der Waals surface area contributed by atoms with Crippen molar-refractivity contribution in [3.05, 3.63) is 30.3 Å². The van der Waals surface area contributed by atoms with Crippen LogP contribution in [0.1, 0.15) is 26.7 Å². The largest absolute Gasteiger partial charge is 0.493 e. The Morgan fingerprint density at radius 3 is 2.41 bits per heavy atom. The van der Waals surface area contributed by atoms with Gasteiger partial charge < -0.3 is 9.64 Å². The maximum Gasteiger partial charge on any atom is 0.236 e. The monoisotopic (exact) mass is 304 g/mol. The molecule has 0 atom stereocenters. The van der Waals surface area contributed by atoms with E-state index >= 15 is 0 Å². The molecule has 4 heteroatoms. The molecule has 0 unspecified atom stereocenters. The fourth-order valence-electron chi connectivity index (χ4n) is 2.91. The smallest absolute Gasteiger partial charge is 0.236 e. The van der Waals surface area contributed by atoms with Crippen molar-refractivity contribution in [3.8, 4) is 5.75 Å². The van der Waals surface area contributed by atoms with Gasteiger partial charge in [-0.3, -0.25) is 9.69 Å². The third-order valence-corrected chi connectivity index (χ3v) is 4.41. The number of rotatable bonds is 7. The zero-order valence-corrected chi connectivity index (χ0v) is 13.8. The van der Waals surface area contributed by atoms with Gasteiger partial charge in [0.1, 0.15) is 5.75 Å². The van der Waals surface area contributed by atoms with Gasteiger partial charge in [-0.25, -0.2) is 0 Å². The minimum absolute atomic E-state index is 0.254. The number of carbonyl (C=O) groups is 1. The molecule has 1 aromatic carbocycles. The van der Waals surface area contributed by atoms with Crippen LogP contribution in [0.25, 0.3) is 0 Å². The van der Waals surface area contributed by atoms with Gasteiger partial charge in [0.2, 0.25) is 5.91 Å². The Kier molecular flexibility index (Phi) is 6.72. The first kappa shape index (κ1) is 16.8. The van der Waals surface area contributed by atoms with Gasteiger partial charge in [0.15, 0.2) is 0 Å². The number of ether oxygens (including phenoxy) is 1. The standard InChI is InChI=1S/C18H28N2O2/c1-3-20(4-2)18(21)14-19-12-10-16(11-13-19)15-22-17-8-6-5-7-9-17/h5-9,16H,3-4,10-15H2,1-2H3. The molecule has 1 amide bonds. The van der Waals surface area contributed by atoms with E-state index in [1.807, 2.05) is 49.1 Å². The summed E-state index contributed by atoms with van der Waals surface area (Å²) in [5, 5.41) is 0. The van der Waals surface area contributed by atoms with Crippen molar-refractivity contribution in [3.63, 3.8) is 0 Å². The highest BCUT2D eigenvalue weighted by molar-refractivity contribution is 5.78. The first-order valence-electron chi connectivity index (χ1n) is 8.40. The molecule has 0 N–H and O–H groups in total. The zero-order chi connectivity index (χ0) is 15.8. The molecular weight excluding hydrogens is 276 g/mol. The van der Waals surface area contributed by atoms with E-state index in [4.69, 9.17) is 4.74 Å². The normalized spacial score (nSPS) is 16.5. The number of nitrogens with zero attached hydrogens (tertiary/aromatic N) is 2. The van der Waals surface area contributed by atoms with Crippen molar-refractivity contribution in [1.29, 1.82) is 0 Å². The summed E-state index contributed by atoms with van der Waals surface area (Å²) >= 11 is 0. The van der Waals surface area contributed by atoms with Crippen molar-refractivity contribution in [2.45, 2.75) is 26.7 Å². The summed E-state index contributed by atoms with van der Waals surface area (Å²) in [5.74, 6) is 1.80. The van der Waals surface area contributed by atoms with Crippen LogP contribution < -0.4 is 4.74 Å². The number of hydrogen-bond acceptors (Lipinski definition) is 3. The number of hydrogen-bond donors (Lipinski definition) is 0. The molecule has 0 radical (unpaired) electrons. The van der Waals surface area contributed by atoms with Crippen molar-refractivity contribution in [2.24, 2.45) is 5.92 Å². The van der Waals surface area contributed by atoms with Gasteiger partial charge in [-0.05, 0) is 57.8 Å². The van der Waals surface area contributed by atoms with E-state index in [0.717, 1.165) is 51.4 Å². The van der Waals surface area contributed by atoms with Crippen LogP contribution in [0.5, 0.6) is 5.75 Å². The maximum absolute atomic E-state index is 12.1. The minimum atomic E-state index is 0.254. The Morgan fingerprint density at radius 2 is 1.82 bits per heavy atom. The minimum Gasteiger partial charge on any atom is -0.493 e. The van der Waals surface area contributed by atoms with E-state index in [1.165, 1.54) is 0 Å². The molecule has 0 aliphatic carbocycles. The van der Waals surface area contributed by atoms with Crippen LogP contribution in [-0.4, -0.2) is 55.0 Å². The molecule has 0 spiro atoms. The number of benzene rings is 1. The topological polar surface area (TPSA) is 32.8 Å². The van der Waals surface area contributed by atoms with E-state index in [0.29, 0.717) is 12.5 Å². The first-order valence-corrected chi connectivity index (χ1v) is 8.40. The molecule has 22 heavy (non-hydrogen) atoms. The van der Waals surface area contributed by atoms with Crippen molar-refractivity contribution >= 4 is 5.91 Å². The van der Waals surface area contributed by atoms with E-state index in [-0.39, 0.29) is 5.91 Å². The van der Waals surface area contributed by atoms with E-state index in [1.54, 1.807) is 0 Å². The average molecular weight is 304 g/mol. The Balaban J connectivity index is 1.68. The Hall–Kier alpha value is -1.55. The molecule has 1 aliphatic heterocycles. The maximum atomic E-state index is 12.1. The number of amides is 1. The molecule has 1 fully saturated rings. The molecule has 1 aliphatic rings. The summed E-state index contributed by atoms with van der Waals surface area (Å²) in [5.41, 5.74) is 0. The van der Waals surface area contributed by atoms with Crippen molar-refractivity contribution < 1.29 is 9.53 Å². The summed E-state index contributed by atoms with van der Waals surface area (Å²) in [7, 11) is 0. The van der Waals surface area contributed by atoms with E-state index in [9.17, 15) is 4.79 Å². The van der Waals surface area contributed by atoms with Crippen LogP contribution >= 0.6 is 0 Å². The highest BCUT2D eigenvalue weighted by Crippen LogP contribution is 2.19. The SMILES string of the molecule is CCN(CC)C(=O)CN1CCC(COc2ccccc2)CC1. The zero-order valence-electron chi connectivity index (χ0n) is 13.8. The predicted molar refractivity (Wildman–Crippen MR) is 89.0 cm³/mol. The molecule has 1 heterocycles. The average Bonchev–Trinajstić information content (AvgIpc) is 2.56. The highest BCUT2D eigenvalue weighted by Gasteiger charge is 2.22. The number of likely N-dealkylation sites (tertiary alicyclic amines) is 1. The van der Waals surface area contributed by atoms with Crippen LogP contribution in [0.3, 0.4) is 0 Å². The Labute approximate surface area is 134 Å². The third-order valence-electron chi connectivity index (χ3n) is 4.41. The predicted octanol–water partition coefficient (Wildman–Crippen LogP) is 2.65. The second-order valence-corrected chi connectivity index (χ2v) is 5.91. The molecular formula is C18H28N2O2. The van der Waals surface area contributed by atoms with Crippen LogP contribution in [0.4, 0.5) is 0 Å². The highest BCUT2D eigenvalue weighted by atomic mass is 16.5. The van der Waals surface area contributed by atoms with Crippen LogP contribution in [0, 0.1) is 5.92 Å². The molecule has 122 valence electrons. The summed E-state index contributed by atoms with van der Waals surface area (Å²) in [4.78, 5) is 16.3. The Bertz CT molecular complexity index is 438. The molecule has 0 saturated carbocycles. The van der Waals surface area contributed by atoms with Crippen LogP contribution in [0.15, 0.2) is 30.3 Å². The summed E-state index contributed by atoms with van der Waals surface area (Å²) in [6, 6.07) is 9.99. The molecule has 1 saturated heterocycles. The van der Waals surface area contributed by atoms with Gasteiger partial charge in [-0.1, -0.05) is 18.2 Å². The van der Waals surface area contributed by atoms with Gasteiger partial charge in [-0.15, -0.1) is 0 Å². The van der Waals surface area contributed by atoms with Gasteiger partial charge in [0.25, 0.3) is 0 Å². The number of carbonyl (C=O) groups excluding carboxylic acids is 1. The number of para-hydroxylation sites is 1. The van der Waals surface area contributed by atoms with Crippen molar-refractivity contribution in [2.75, 3.05) is 39.3 Å².